The molecule has 0 aromatic rings. The maximum Gasteiger partial charge on any atom is 0.196 e. The molecule has 0 aromatic heterocycles. The van der Waals surface area contributed by atoms with E-state index in [0.717, 1.165) is 13.1 Å². The van der Waals surface area contributed by atoms with Crippen molar-refractivity contribution in [3.63, 3.8) is 0 Å². The highest BCUT2D eigenvalue weighted by Gasteiger charge is 2.21. The lowest BCUT2D eigenvalue weighted by Crippen LogP contribution is -2.37. The van der Waals surface area contributed by atoms with Gasteiger partial charge in [-0.15, -0.1) is 0 Å². The van der Waals surface area contributed by atoms with Gasteiger partial charge < -0.3 is 9.80 Å². The maximum absolute atomic E-state index is 4.47. The molecule has 2 aliphatic rings. The third-order valence-corrected chi connectivity index (χ3v) is 2.42. The predicted molar refractivity (Wildman–Crippen MR) is 45.7 cm³/mol. The molecule has 2 heterocycles. The van der Waals surface area contributed by atoms with E-state index in [9.17, 15) is 0 Å². The Morgan fingerprint density at radius 3 is 2.45 bits per heavy atom. The van der Waals surface area contributed by atoms with E-state index >= 15 is 0 Å². The van der Waals surface area contributed by atoms with Crippen LogP contribution >= 0.6 is 0 Å². The molecule has 1 saturated heterocycles. The van der Waals surface area contributed by atoms with Gasteiger partial charge in [0.1, 0.15) is 0 Å². The highest BCUT2D eigenvalue weighted by Crippen LogP contribution is 2.12. The summed E-state index contributed by atoms with van der Waals surface area (Å²) in [6.07, 6.45) is 2.68. The Balaban J connectivity index is 2.02. The van der Waals surface area contributed by atoms with Crippen LogP contribution in [0.15, 0.2) is 4.99 Å². The highest BCUT2D eigenvalue weighted by atomic mass is 15.4. The molecule has 0 amide bonds. The van der Waals surface area contributed by atoms with Crippen molar-refractivity contribution in [2.75, 3.05) is 33.2 Å². The average Bonchev–Trinajstić information content (AvgIpc) is 2.55. The van der Waals surface area contributed by atoms with Crippen LogP contribution in [0.1, 0.15) is 12.8 Å². The number of rotatable bonds is 0. The average molecular weight is 153 g/mol. The second-order valence-electron chi connectivity index (χ2n) is 3.30. The fourth-order valence-corrected chi connectivity index (χ4v) is 1.78. The molecule has 0 unspecified atom stereocenters. The van der Waals surface area contributed by atoms with E-state index in [0.29, 0.717) is 0 Å². The number of nitrogens with zero attached hydrogens (tertiary/aromatic N) is 3. The molecular weight excluding hydrogens is 138 g/mol. The van der Waals surface area contributed by atoms with Gasteiger partial charge in [-0.3, -0.25) is 4.99 Å². The second-order valence-corrected chi connectivity index (χ2v) is 3.30. The summed E-state index contributed by atoms with van der Waals surface area (Å²) in [5.41, 5.74) is 0. The van der Waals surface area contributed by atoms with Gasteiger partial charge in [0, 0.05) is 26.7 Å². The Kier molecular flexibility index (Phi) is 1.72. The Bertz CT molecular complexity index is 170. The number of hydrogen-bond acceptors (Lipinski definition) is 3. The van der Waals surface area contributed by atoms with Crippen LogP contribution in [-0.4, -0.2) is 49.0 Å². The monoisotopic (exact) mass is 153 g/mol. The summed E-state index contributed by atoms with van der Waals surface area (Å²) in [6.45, 7) is 4.51. The van der Waals surface area contributed by atoms with Gasteiger partial charge in [0.15, 0.2) is 5.96 Å². The predicted octanol–water partition coefficient (Wildman–Crippen LogP) is 0.384. The first-order valence-corrected chi connectivity index (χ1v) is 4.38. The zero-order valence-electron chi connectivity index (χ0n) is 7.08. The van der Waals surface area contributed by atoms with Gasteiger partial charge >= 0.3 is 0 Å². The van der Waals surface area contributed by atoms with Crippen LogP contribution in [0.25, 0.3) is 0 Å². The first-order chi connectivity index (χ1) is 5.38. The first kappa shape index (κ1) is 6.95. The molecule has 0 aliphatic carbocycles. The Hall–Kier alpha value is -0.730. The van der Waals surface area contributed by atoms with E-state index < -0.39 is 0 Å². The lowest BCUT2D eigenvalue weighted by Gasteiger charge is -2.23. The molecule has 3 heteroatoms. The van der Waals surface area contributed by atoms with Crippen molar-refractivity contribution in [3.05, 3.63) is 0 Å². The fraction of sp³-hybridized carbons (Fsp3) is 0.875. The molecule has 3 nitrogen and oxygen atoms in total. The van der Waals surface area contributed by atoms with Crippen LogP contribution in [0, 0.1) is 0 Å². The van der Waals surface area contributed by atoms with Crippen LogP contribution in [-0.2, 0) is 0 Å². The standard InChI is InChI=1S/C8H15N3/c1-10-7-4-9-8(10)11-5-2-3-6-11/h2-7H2,1H3. The van der Waals surface area contributed by atoms with E-state index in [2.05, 4.69) is 21.8 Å². The minimum atomic E-state index is 0.988. The molecule has 0 radical (unpaired) electrons. The van der Waals surface area contributed by atoms with Gasteiger partial charge in [-0.05, 0) is 12.8 Å². The van der Waals surface area contributed by atoms with Crippen LogP contribution in [0.3, 0.4) is 0 Å². The summed E-state index contributed by atoms with van der Waals surface area (Å²) in [5, 5.41) is 0. The quantitative estimate of drug-likeness (QED) is 0.501. The van der Waals surface area contributed by atoms with Crippen molar-refractivity contribution >= 4 is 5.96 Å². The topological polar surface area (TPSA) is 18.8 Å². The van der Waals surface area contributed by atoms with Crippen molar-refractivity contribution in [2.24, 2.45) is 4.99 Å². The third-order valence-electron chi connectivity index (χ3n) is 2.42. The molecule has 0 N–H and O–H groups in total. The lowest BCUT2D eigenvalue weighted by atomic mass is 10.4. The second kappa shape index (κ2) is 2.72. The summed E-state index contributed by atoms with van der Waals surface area (Å²) in [4.78, 5) is 9.12. The minimum absolute atomic E-state index is 0.988. The Morgan fingerprint density at radius 2 is 1.91 bits per heavy atom. The fourth-order valence-electron chi connectivity index (χ4n) is 1.78. The maximum atomic E-state index is 4.47. The molecular formula is C8H15N3. The molecule has 2 aliphatic heterocycles. The van der Waals surface area contributed by atoms with Crippen LogP contribution in [0.5, 0.6) is 0 Å². The molecule has 0 saturated carbocycles. The van der Waals surface area contributed by atoms with Gasteiger partial charge in [0.25, 0.3) is 0 Å². The van der Waals surface area contributed by atoms with Crippen LogP contribution in [0.2, 0.25) is 0 Å². The molecule has 0 spiro atoms. The van der Waals surface area contributed by atoms with E-state index in [-0.39, 0.29) is 0 Å². The van der Waals surface area contributed by atoms with Crippen LogP contribution in [0.4, 0.5) is 0 Å². The number of likely N-dealkylation sites (N-methyl/N-ethyl adjacent to an activating group) is 1. The normalized spacial score (nSPS) is 24.6. The smallest absolute Gasteiger partial charge is 0.196 e. The Labute approximate surface area is 67.7 Å². The van der Waals surface area contributed by atoms with Gasteiger partial charge in [0.05, 0.1) is 6.54 Å². The zero-order chi connectivity index (χ0) is 7.68. The minimum Gasteiger partial charge on any atom is -0.344 e. The summed E-state index contributed by atoms with van der Waals surface area (Å²) >= 11 is 0. The van der Waals surface area contributed by atoms with E-state index in [1.54, 1.807) is 0 Å². The third kappa shape index (κ3) is 1.19. The van der Waals surface area contributed by atoms with Gasteiger partial charge in [0.2, 0.25) is 0 Å². The molecule has 62 valence electrons. The summed E-state index contributed by atoms with van der Waals surface area (Å²) in [7, 11) is 2.13. The Morgan fingerprint density at radius 1 is 1.18 bits per heavy atom. The number of likely N-dealkylation sites (tertiary alicyclic amines) is 1. The number of hydrogen-bond donors (Lipinski definition) is 0. The van der Waals surface area contributed by atoms with Gasteiger partial charge in [-0.1, -0.05) is 0 Å². The van der Waals surface area contributed by atoms with E-state index in [1.165, 1.54) is 31.9 Å². The molecule has 0 aromatic carbocycles. The van der Waals surface area contributed by atoms with E-state index in [4.69, 9.17) is 0 Å². The molecule has 0 atom stereocenters. The molecule has 1 fully saturated rings. The van der Waals surface area contributed by atoms with Crippen molar-refractivity contribution in [1.29, 1.82) is 0 Å². The van der Waals surface area contributed by atoms with Crippen molar-refractivity contribution in [2.45, 2.75) is 12.8 Å². The van der Waals surface area contributed by atoms with Crippen molar-refractivity contribution in [3.8, 4) is 0 Å². The van der Waals surface area contributed by atoms with Crippen molar-refractivity contribution < 1.29 is 0 Å². The van der Waals surface area contributed by atoms with Crippen molar-refractivity contribution in [1.82, 2.24) is 9.80 Å². The SMILES string of the molecule is CN1CCN=C1N1CCCC1. The lowest BCUT2D eigenvalue weighted by molar-refractivity contribution is 0.423. The summed E-state index contributed by atoms with van der Waals surface area (Å²) < 4.78 is 0. The summed E-state index contributed by atoms with van der Waals surface area (Å²) in [5.74, 6) is 1.22. The largest absolute Gasteiger partial charge is 0.344 e. The highest BCUT2D eigenvalue weighted by molar-refractivity contribution is 5.81. The molecule has 0 bridgehead atoms. The van der Waals surface area contributed by atoms with E-state index in [1.807, 2.05) is 0 Å². The van der Waals surface area contributed by atoms with Gasteiger partial charge in [-0.25, -0.2) is 0 Å². The molecule has 2 rings (SSSR count). The van der Waals surface area contributed by atoms with Crippen LogP contribution < -0.4 is 0 Å². The first-order valence-electron chi connectivity index (χ1n) is 4.38. The molecule has 11 heavy (non-hydrogen) atoms. The van der Waals surface area contributed by atoms with Gasteiger partial charge in [-0.2, -0.15) is 0 Å². The number of aliphatic imine (C=N–C) groups is 1. The number of guanidine groups is 1. The summed E-state index contributed by atoms with van der Waals surface area (Å²) in [6, 6.07) is 0. The zero-order valence-corrected chi connectivity index (χ0v) is 7.08.